The molecular weight excluding hydrogens is 232 g/mol. The molecule has 0 spiro atoms. The van der Waals surface area contributed by atoms with Crippen molar-refractivity contribution in [2.24, 2.45) is 0 Å². The highest BCUT2D eigenvalue weighted by Crippen LogP contribution is 2.23. The minimum Gasteiger partial charge on any atom is -0.294 e. The summed E-state index contributed by atoms with van der Waals surface area (Å²) in [5.74, 6) is 0.270. The third-order valence-corrected chi connectivity index (χ3v) is 4.05. The molecule has 0 atom stereocenters. The zero-order chi connectivity index (χ0) is 13.8. The molecule has 0 radical (unpaired) electrons. The molecule has 0 saturated heterocycles. The Morgan fingerprint density at radius 3 is 2.21 bits per heavy atom. The van der Waals surface area contributed by atoms with Gasteiger partial charge in [0.15, 0.2) is 5.78 Å². The van der Waals surface area contributed by atoms with Crippen molar-refractivity contribution >= 4 is 5.78 Å². The Labute approximate surface area is 116 Å². The van der Waals surface area contributed by atoms with Gasteiger partial charge in [-0.2, -0.15) is 0 Å². The van der Waals surface area contributed by atoms with Crippen LogP contribution in [-0.2, 0) is 11.2 Å². The van der Waals surface area contributed by atoms with Crippen molar-refractivity contribution in [3.63, 3.8) is 0 Å². The van der Waals surface area contributed by atoms with E-state index in [4.69, 9.17) is 0 Å². The van der Waals surface area contributed by atoms with Crippen LogP contribution in [0.15, 0.2) is 23.8 Å². The quantitative estimate of drug-likeness (QED) is 0.721. The molecule has 0 bridgehead atoms. The first kappa shape index (κ1) is 14.0. The minimum atomic E-state index is 0.270. The molecule has 1 fully saturated rings. The van der Waals surface area contributed by atoms with Gasteiger partial charge in [0.05, 0.1) is 0 Å². The maximum Gasteiger partial charge on any atom is 0.160 e. The van der Waals surface area contributed by atoms with E-state index >= 15 is 0 Å². The largest absolute Gasteiger partial charge is 0.294 e. The second-order valence-corrected chi connectivity index (χ2v) is 5.88. The van der Waals surface area contributed by atoms with E-state index in [-0.39, 0.29) is 5.78 Å². The van der Waals surface area contributed by atoms with Crippen LogP contribution < -0.4 is 0 Å². The predicted molar refractivity (Wildman–Crippen MR) is 80.5 cm³/mol. The Bertz CT molecular complexity index is 477. The van der Waals surface area contributed by atoms with E-state index in [2.05, 4.69) is 32.9 Å². The van der Waals surface area contributed by atoms with E-state index < -0.39 is 0 Å². The lowest BCUT2D eigenvalue weighted by molar-refractivity contribution is -0.114. The molecule has 102 valence electrons. The number of hydrogen-bond acceptors (Lipinski definition) is 1. The molecule has 1 saturated carbocycles. The van der Waals surface area contributed by atoms with Gasteiger partial charge in [0.1, 0.15) is 0 Å². The fraction of sp³-hybridized carbons (Fsp3) is 0.500. The maximum absolute atomic E-state index is 12.2. The number of carbonyl (C=O) groups excluding carboxylic acids is 1. The number of aryl methyl sites for hydroxylation is 3. The number of allylic oxidation sites excluding steroid dienone is 2. The van der Waals surface area contributed by atoms with Crippen LogP contribution in [0.25, 0.3) is 0 Å². The van der Waals surface area contributed by atoms with Gasteiger partial charge in [-0.1, -0.05) is 29.7 Å². The lowest BCUT2D eigenvalue weighted by Crippen LogP contribution is -2.06. The molecule has 2 rings (SSSR count). The van der Waals surface area contributed by atoms with Crippen LogP contribution in [0.1, 0.15) is 54.4 Å². The van der Waals surface area contributed by atoms with Gasteiger partial charge in [-0.05, 0) is 69.2 Å². The molecule has 0 N–H and O–H groups in total. The predicted octanol–water partition coefficient (Wildman–Crippen LogP) is 4.61. The molecule has 0 amide bonds. The Balaban J connectivity index is 2.10. The number of rotatable bonds is 3. The minimum absolute atomic E-state index is 0.270. The molecule has 0 aromatic heterocycles. The average Bonchev–Trinajstić information content (AvgIpc) is 2.35. The summed E-state index contributed by atoms with van der Waals surface area (Å²) < 4.78 is 0. The summed E-state index contributed by atoms with van der Waals surface area (Å²) in [6.45, 7) is 6.32. The summed E-state index contributed by atoms with van der Waals surface area (Å²) in [6.07, 6.45) is 8.54. The average molecular weight is 256 g/mol. The highest BCUT2D eigenvalue weighted by Gasteiger charge is 2.11. The molecule has 19 heavy (non-hydrogen) atoms. The van der Waals surface area contributed by atoms with E-state index in [1.807, 2.05) is 6.08 Å². The van der Waals surface area contributed by atoms with E-state index in [0.717, 1.165) is 12.8 Å². The molecule has 1 aliphatic carbocycles. The molecule has 1 aliphatic rings. The van der Waals surface area contributed by atoms with Crippen molar-refractivity contribution in [2.45, 2.75) is 59.3 Å². The van der Waals surface area contributed by atoms with Crippen LogP contribution in [0.3, 0.4) is 0 Å². The van der Waals surface area contributed by atoms with Crippen molar-refractivity contribution in [3.05, 3.63) is 46.0 Å². The van der Waals surface area contributed by atoms with Gasteiger partial charge in [0.2, 0.25) is 0 Å². The van der Waals surface area contributed by atoms with Crippen molar-refractivity contribution in [3.8, 4) is 0 Å². The molecule has 0 unspecified atom stereocenters. The first-order valence-electron chi connectivity index (χ1n) is 7.35. The second-order valence-electron chi connectivity index (χ2n) is 5.88. The van der Waals surface area contributed by atoms with E-state index in [1.165, 1.54) is 47.1 Å². The lowest BCUT2D eigenvalue weighted by atomic mass is 9.91. The van der Waals surface area contributed by atoms with Crippen molar-refractivity contribution in [2.75, 3.05) is 0 Å². The molecule has 0 aliphatic heterocycles. The maximum atomic E-state index is 12.2. The molecule has 1 heteroatoms. The monoisotopic (exact) mass is 256 g/mol. The SMILES string of the molecule is Cc1cc(C)c(CC(=O)C=C2CCCCC2)c(C)c1. The zero-order valence-electron chi connectivity index (χ0n) is 12.4. The summed E-state index contributed by atoms with van der Waals surface area (Å²) >= 11 is 0. The number of benzene rings is 1. The van der Waals surface area contributed by atoms with Gasteiger partial charge >= 0.3 is 0 Å². The highest BCUT2D eigenvalue weighted by molar-refractivity contribution is 5.92. The van der Waals surface area contributed by atoms with E-state index in [0.29, 0.717) is 6.42 Å². The van der Waals surface area contributed by atoms with E-state index in [1.54, 1.807) is 0 Å². The summed E-state index contributed by atoms with van der Waals surface area (Å²) in [6, 6.07) is 4.34. The number of ketones is 1. The molecule has 0 heterocycles. The third-order valence-electron chi connectivity index (χ3n) is 4.05. The van der Waals surface area contributed by atoms with Gasteiger partial charge in [0.25, 0.3) is 0 Å². The fourth-order valence-corrected chi connectivity index (χ4v) is 3.09. The summed E-state index contributed by atoms with van der Waals surface area (Å²) in [4.78, 5) is 12.2. The smallest absolute Gasteiger partial charge is 0.160 e. The zero-order valence-corrected chi connectivity index (χ0v) is 12.4. The van der Waals surface area contributed by atoms with Crippen LogP contribution >= 0.6 is 0 Å². The molecular formula is C18H24O. The highest BCUT2D eigenvalue weighted by atomic mass is 16.1. The van der Waals surface area contributed by atoms with Crippen LogP contribution in [0.2, 0.25) is 0 Å². The Kier molecular flexibility index (Phi) is 4.57. The van der Waals surface area contributed by atoms with Crippen LogP contribution in [0.4, 0.5) is 0 Å². The fourth-order valence-electron chi connectivity index (χ4n) is 3.09. The summed E-state index contributed by atoms with van der Waals surface area (Å²) in [7, 11) is 0. The van der Waals surface area contributed by atoms with Crippen LogP contribution in [0.5, 0.6) is 0 Å². The summed E-state index contributed by atoms with van der Waals surface area (Å²) in [5, 5.41) is 0. The molecule has 1 nitrogen and oxygen atoms in total. The Hall–Kier alpha value is -1.37. The Morgan fingerprint density at radius 1 is 1.05 bits per heavy atom. The normalized spacial score (nSPS) is 15.4. The van der Waals surface area contributed by atoms with Crippen molar-refractivity contribution in [1.82, 2.24) is 0 Å². The van der Waals surface area contributed by atoms with Gasteiger partial charge in [-0.25, -0.2) is 0 Å². The lowest BCUT2D eigenvalue weighted by Gasteiger charge is -2.14. The standard InChI is InChI=1S/C18H24O/c1-13-9-14(2)18(15(3)10-13)12-17(19)11-16-7-5-4-6-8-16/h9-11H,4-8,12H2,1-3H3. The first-order valence-corrected chi connectivity index (χ1v) is 7.35. The van der Waals surface area contributed by atoms with Crippen LogP contribution in [0, 0.1) is 20.8 Å². The number of hydrogen-bond donors (Lipinski definition) is 0. The number of carbonyl (C=O) groups is 1. The van der Waals surface area contributed by atoms with Gasteiger partial charge < -0.3 is 0 Å². The van der Waals surface area contributed by atoms with Gasteiger partial charge in [0, 0.05) is 6.42 Å². The van der Waals surface area contributed by atoms with Crippen molar-refractivity contribution < 1.29 is 4.79 Å². The summed E-state index contributed by atoms with van der Waals surface area (Å²) in [5.41, 5.74) is 6.33. The van der Waals surface area contributed by atoms with Gasteiger partial charge in [-0.15, -0.1) is 0 Å². The van der Waals surface area contributed by atoms with Crippen LogP contribution in [-0.4, -0.2) is 5.78 Å². The first-order chi connectivity index (χ1) is 9.06. The van der Waals surface area contributed by atoms with Crippen molar-refractivity contribution in [1.29, 1.82) is 0 Å². The van der Waals surface area contributed by atoms with Gasteiger partial charge in [-0.3, -0.25) is 4.79 Å². The second kappa shape index (κ2) is 6.18. The molecule has 1 aromatic rings. The molecule has 1 aromatic carbocycles. The third kappa shape index (κ3) is 3.79. The van der Waals surface area contributed by atoms with E-state index in [9.17, 15) is 4.79 Å². The topological polar surface area (TPSA) is 17.1 Å². The Morgan fingerprint density at radius 2 is 1.63 bits per heavy atom.